The van der Waals surface area contributed by atoms with Gasteiger partial charge >= 0.3 is 0 Å². The number of hydrogen-bond acceptors (Lipinski definition) is 7. The van der Waals surface area contributed by atoms with Crippen molar-refractivity contribution in [2.75, 3.05) is 11.9 Å². The maximum atomic E-state index is 14.4. The zero-order valence-corrected chi connectivity index (χ0v) is 29.8. The molecule has 8 nitrogen and oxygen atoms in total. The molecule has 278 valence electrons. The molecule has 17 heteroatoms. The first-order valence-electron chi connectivity index (χ1n) is 15.9. The van der Waals surface area contributed by atoms with E-state index in [0.717, 1.165) is 17.8 Å². The van der Waals surface area contributed by atoms with Crippen molar-refractivity contribution < 1.29 is 36.8 Å². The zero-order chi connectivity index (χ0) is 38.7. The summed E-state index contributed by atoms with van der Waals surface area (Å²) in [6.07, 6.45) is 4.71. The molecule has 4 aromatic rings. The van der Waals surface area contributed by atoms with Gasteiger partial charge < -0.3 is 15.7 Å². The molecule has 0 radical (unpaired) electrons. The molecule has 0 aromatic heterocycles. The van der Waals surface area contributed by atoms with Gasteiger partial charge in [-0.25, -0.2) is 31.3 Å². The molecule has 0 bridgehead atoms. The Kier molecular flexibility index (Phi) is 11.7. The van der Waals surface area contributed by atoms with Crippen molar-refractivity contribution in [2.24, 2.45) is 25.3 Å². The fraction of sp³-hybridized carbons (Fsp3) is 0.162. The summed E-state index contributed by atoms with van der Waals surface area (Å²) in [5.74, 6) is -5.04. The number of fused-ring (bicyclic) bond motifs is 2. The smallest absolute Gasteiger partial charge is 0.184 e. The Balaban J connectivity index is 0.000000189. The highest BCUT2D eigenvalue weighted by molar-refractivity contribution is 6.66. The molecule has 0 saturated carbocycles. The summed E-state index contributed by atoms with van der Waals surface area (Å²) in [5, 5.41) is 28.1. The molecule has 54 heavy (non-hydrogen) atoms. The first-order valence-corrected chi connectivity index (χ1v) is 17.1. The van der Waals surface area contributed by atoms with E-state index in [1.807, 2.05) is 6.08 Å². The minimum atomic E-state index is -1.13. The summed E-state index contributed by atoms with van der Waals surface area (Å²) in [6.45, 7) is 0.345. The number of aliphatic imine (C=N–C) groups is 3. The number of anilines is 1. The van der Waals surface area contributed by atoms with Crippen LogP contribution in [-0.2, 0) is 25.7 Å². The molecule has 3 aliphatic rings. The fourth-order valence-electron chi connectivity index (χ4n) is 5.94. The Bertz CT molecular complexity index is 2360. The van der Waals surface area contributed by atoms with Crippen LogP contribution in [0.5, 0.6) is 0 Å². The Morgan fingerprint density at radius 1 is 0.722 bits per heavy atom. The van der Waals surface area contributed by atoms with Gasteiger partial charge in [-0.05, 0) is 58.7 Å². The Labute approximate surface area is 318 Å². The quantitative estimate of drug-likeness (QED) is 0.0713. The van der Waals surface area contributed by atoms with E-state index in [9.17, 15) is 36.8 Å². The maximum absolute atomic E-state index is 14.4. The van der Waals surface area contributed by atoms with Crippen LogP contribution in [0, 0.1) is 34.9 Å². The molecular formula is C37H25Cl3F6N6O2. The Morgan fingerprint density at radius 3 is 1.83 bits per heavy atom. The third-order valence-corrected chi connectivity index (χ3v) is 9.34. The minimum absolute atomic E-state index is 0.0334. The van der Waals surface area contributed by atoms with Gasteiger partial charge in [0.1, 0.15) is 28.3 Å². The monoisotopic (exact) mass is 804 g/mol. The Hall–Kier alpha value is -5.18. The van der Waals surface area contributed by atoms with Crippen LogP contribution in [-0.4, -0.2) is 45.1 Å². The van der Waals surface area contributed by atoms with Gasteiger partial charge in [-0.15, -0.1) is 0 Å². The second-order valence-electron chi connectivity index (χ2n) is 12.1. The second kappa shape index (κ2) is 16.5. The normalized spacial score (nSPS) is 15.5. The number of nitrogens with zero attached hydrogens (tertiary/aromatic N) is 5. The summed E-state index contributed by atoms with van der Waals surface area (Å²) >= 11 is 17.3. The van der Waals surface area contributed by atoms with E-state index in [4.69, 9.17) is 34.8 Å². The van der Waals surface area contributed by atoms with Crippen LogP contribution in [0.25, 0.3) is 0 Å². The molecule has 3 aliphatic heterocycles. The van der Waals surface area contributed by atoms with Crippen LogP contribution in [0.15, 0.2) is 86.1 Å². The summed E-state index contributed by atoms with van der Waals surface area (Å²) in [4.78, 5) is 12.4. The largest absolute Gasteiger partial charge is 0.411 e. The number of rotatable bonds is 8. The van der Waals surface area contributed by atoms with Crippen LogP contribution in [0.3, 0.4) is 0 Å². The first kappa shape index (κ1) is 38.5. The van der Waals surface area contributed by atoms with E-state index < -0.39 is 34.9 Å². The Morgan fingerprint density at radius 2 is 1.30 bits per heavy atom. The number of amidine groups is 1. The van der Waals surface area contributed by atoms with E-state index in [2.05, 4.69) is 30.6 Å². The third kappa shape index (κ3) is 8.30. The first-order chi connectivity index (χ1) is 25.9. The molecule has 3 heterocycles. The minimum Gasteiger partial charge on any atom is -0.411 e. The number of benzene rings is 4. The SMILES string of the molecule is O/N=C(\Cc1ccc(F)c(Cl)c1)c1cc(F)c(F)c2c1CC(=NCC1=NC=CC1)N2.O/N=C(\Cc1ccc(F)c(Cl)c1)c1cc(F)c(F)c2c1CC(Cl)=N2. The molecule has 3 N–H and O–H groups in total. The van der Waals surface area contributed by atoms with Crippen molar-refractivity contribution in [3.05, 3.63) is 139 Å². The van der Waals surface area contributed by atoms with Gasteiger partial charge in [-0.3, -0.25) is 9.98 Å². The van der Waals surface area contributed by atoms with Gasteiger partial charge in [0.15, 0.2) is 23.3 Å². The molecule has 4 aromatic carbocycles. The number of oxime groups is 2. The lowest BCUT2D eigenvalue weighted by atomic mass is 9.95. The topological polar surface area (TPSA) is 114 Å². The molecule has 0 atom stereocenters. The van der Waals surface area contributed by atoms with Gasteiger partial charge in [0, 0.05) is 55.1 Å². The molecule has 0 unspecified atom stereocenters. The van der Waals surface area contributed by atoms with Crippen molar-refractivity contribution in [1.82, 2.24) is 0 Å². The summed E-state index contributed by atoms with van der Waals surface area (Å²) in [6, 6.07) is 9.97. The van der Waals surface area contributed by atoms with Gasteiger partial charge in [0.25, 0.3) is 0 Å². The molecule has 0 amide bonds. The molecular weight excluding hydrogens is 781 g/mol. The van der Waals surface area contributed by atoms with E-state index in [-0.39, 0.29) is 74.8 Å². The zero-order valence-electron chi connectivity index (χ0n) is 27.5. The summed E-state index contributed by atoms with van der Waals surface area (Å²) in [7, 11) is 0. The van der Waals surface area contributed by atoms with Crippen molar-refractivity contribution in [3.63, 3.8) is 0 Å². The van der Waals surface area contributed by atoms with Crippen LogP contribution in [0.2, 0.25) is 10.0 Å². The maximum Gasteiger partial charge on any atom is 0.184 e. The predicted octanol–water partition coefficient (Wildman–Crippen LogP) is 9.91. The second-order valence-corrected chi connectivity index (χ2v) is 13.3. The van der Waals surface area contributed by atoms with Crippen LogP contribution < -0.4 is 5.32 Å². The van der Waals surface area contributed by atoms with Crippen molar-refractivity contribution >= 4 is 74.3 Å². The molecule has 0 saturated heterocycles. The lowest BCUT2D eigenvalue weighted by molar-refractivity contribution is 0.318. The lowest BCUT2D eigenvalue weighted by Gasteiger charge is -2.11. The molecule has 0 aliphatic carbocycles. The van der Waals surface area contributed by atoms with Gasteiger partial charge in [-0.1, -0.05) is 63.3 Å². The lowest BCUT2D eigenvalue weighted by Crippen LogP contribution is -2.11. The van der Waals surface area contributed by atoms with Gasteiger partial charge in [0.2, 0.25) is 0 Å². The highest BCUT2D eigenvalue weighted by atomic mass is 35.5. The van der Waals surface area contributed by atoms with Crippen molar-refractivity contribution in [3.8, 4) is 0 Å². The van der Waals surface area contributed by atoms with Gasteiger partial charge in [0.05, 0.1) is 33.7 Å². The van der Waals surface area contributed by atoms with Crippen LogP contribution >= 0.6 is 34.8 Å². The van der Waals surface area contributed by atoms with Gasteiger partial charge in [-0.2, -0.15) is 0 Å². The van der Waals surface area contributed by atoms with Crippen LogP contribution in [0.4, 0.5) is 37.7 Å². The van der Waals surface area contributed by atoms with Crippen molar-refractivity contribution in [2.45, 2.75) is 32.1 Å². The number of halogens is 9. The highest BCUT2D eigenvalue weighted by Crippen LogP contribution is 2.36. The summed E-state index contributed by atoms with van der Waals surface area (Å²) < 4.78 is 83.0. The van der Waals surface area contributed by atoms with Crippen LogP contribution in [0.1, 0.15) is 39.8 Å². The fourth-order valence-corrected chi connectivity index (χ4v) is 6.57. The number of allylic oxidation sites excluding steroid dienone is 1. The van der Waals surface area contributed by atoms with E-state index in [0.29, 0.717) is 41.1 Å². The number of hydrogen-bond donors (Lipinski definition) is 3. The molecule has 0 fully saturated rings. The molecule has 7 rings (SSSR count). The average Bonchev–Trinajstić information content (AvgIpc) is 3.92. The number of nitrogens with one attached hydrogen (secondary N) is 1. The van der Waals surface area contributed by atoms with E-state index >= 15 is 0 Å². The van der Waals surface area contributed by atoms with E-state index in [1.165, 1.54) is 36.4 Å². The molecule has 0 spiro atoms. The van der Waals surface area contributed by atoms with E-state index in [1.54, 1.807) is 6.20 Å². The standard InChI is InChI=1S/C21H16ClF3N4O.C16H9Cl2F3N2O/c22-15-6-11(3-4-16(15)23)7-18(29-30)13-8-17(24)20(25)21-14(13)9-19(28-21)27-10-12-2-1-5-26-12;17-10-3-7(1-2-11(10)19)4-13(23-24)8-5-12(20)15(21)16-9(8)6-14(18)22-16/h1,3-6,8,30H,2,7,9-10H2,(H,27,28);1-3,5,24H,4,6H2/b29-18+;23-13+. The predicted molar refractivity (Wildman–Crippen MR) is 197 cm³/mol. The summed E-state index contributed by atoms with van der Waals surface area (Å²) in [5.41, 5.74) is 3.09. The van der Waals surface area contributed by atoms with Crippen molar-refractivity contribution in [1.29, 1.82) is 0 Å². The third-order valence-electron chi connectivity index (χ3n) is 8.54. The average molecular weight is 806 g/mol. The highest BCUT2D eigenvalue weighted by Gasteiger charge is 2.29.